The number of amides is 3. The summed E-state index contributed by atoms with van der Waals surface area (Å²) in [5.74, 6) is -1.06. The van der Waals surface area contributed by atoms with E-state index in [-0.39, 0.29) is 31.4 Å². The fourth-order valence-electron chi connectivity index (χ4n) is 3.82. The van der Waals surface area contributed by atoms with Crippen LogP contribution in [0.2, 0.25) is 0 Å². The number of carbonyl (C=O) groups excluding carboxylic acids is 3. The number of nitrogens with zero attached hydrogens (tertiary/aromatic N) is 3. The molecule has 37 heavy (non-hydrogen) atoms. The van der Waals surface area contributed by atoms with Crippen LogP contribution in [0.1, 0.15) is 32.8 Å². The molecule has 0 radical (unpaired) electrons. The molecule has 1 aromatic carbocycles. The van der Waals surface area contributed by atoms with Crippen molar-refractivity contribution in [3.05, 3.63) is 71.1 Å². The quantitative estimate of drug-likeness (QED) is 0.151. The third-order valence-electron chi connectivity index (χ3n) is 5.46. The molecule has 11 nitrogen and oxygen atoms in total. The highest BCUT2D eigenvalue weighted by Gasteiger charge is 2.32. The lowest BCUT2D eigenvalue weighted by Crippen LogP contribution is -2.57. The molecule has 3 amide bonds. The first-order valence-electron chi connectivity index (χ1n) is 12.2. The molecule has 1 aliphatic heterocycles. The van der Waals surface area contributed by atoms with E-state index >= 15 is 0 Å². The summed E-state index contributed by atoms with van der Waals surface area (Å²) in [5.41, 5.74) is 9.44. The molecule has 0 fully saturated rings. The van der Waals surface area contributed by atoms with Gasteiger partial charge in [-0.15, -0.1) is 6.58 Å². The Morgan fingerprint density at radius 1 is 1.16 bits per heavy atom. The third kappa shape index (κ3) is 10.5. The van der Waals surface area contributed by atoms with Gasteiger partial charge < -0.3 is 25.4 Å². The molecule has 2 rings (SSSR count). The van der Waals surface area contributed by atoms with Gasteiger partial charge >= 0.3 is 0 Å². The highest BCUT2D eigenvalue weighted by molar-refractivity contribution is 5.92. The van der Waals surface area contributed by atoms with E-state index < -0.39 is 42.3 Å². The number of ether oxygens (including phenoxy) is 2. The van der Waals surface area contributed by atoms with Gasteiger partial charge in [-0.1, -0.05) is 67.5 Å². The second-order valence-electron chi connectivity index (χ2n) is 9.13. The normalized spacial score (nSPS) is 20.3. The summed E-state index contributed by atoms with van der Waals surface area (Å²) < 4.78 is 11.5. The van der Waals surface area contributed by atoms with Crippen molar-refractivity contribution < 1.29 is 23.9 Å². The monoisotopic (exact) mass is 512 g/mol. The Labute approximate surface area is 217 Å². The van der Waals surface area contributed by atoms with E-state index in [1.54, 1.807) is 18.2 Å². The summed E-state index contributed by atoms with van der Waals surface area (Å²) in [7, 11) is 0. The van der Waals surface area contributed by atoms with Gasteiger partial charge in [-0.05, 0) is 23.4 Å². The van der Waals surface area contributed by atoms with E-state index in [1.807, 2.05) is 44.2 Å². The maximum atomic E-state index is 13.4. The fraction of sp³-hybridized carbons (Fsp3) is 0.500. The second kappa shape index (κ2) is 15.5. The minimum Gasteiger partial charge on any atom is -0.346 e. The molecule has 1 aromatic rings. The van der Waals surface area contributed by atoms with Crippen LogP contribution in [0.5, 0.6) is 0 Å². The van der Waals surface area contributed by atoms with Crippen molar-refractivity contribution >= 4 is 17.7 Å². The lowest BCUT2D eigenvalue weighted by Gasteiger charge is -2.33. The second-order valence-corrected chi connectivity index (χ2v) is 9.13. The number of hydrogen-bond acceptors (Lipinski definition) is 6. The number of hydrogen-bond donors (Lipinski definition) is 3. The summed E-state index contributed by atoms with van der Waals surface area (Å²) in [4.78, 5) is 41.0. The standard InChI is InChI=1S/C26H36N6O5/c1-5-13-36-26-21(12-11-20(37-26)16-28-32-27)30-25(35)23(15-19-9-7-6-8-10-19)31-24(34)22(14-17(2)3)29-18(4)33/h5-12,17,20-23,26H,1,13-16H2,2-4H3,(H,29,33)(H,30,35)(H,31,34)/t20-,21-,22-,23-,26-/m0/s1. The molecule has 1 aliphatic rings. The molecule has 0 aromatic heterocycles. The maximum absolute atomic E-state index is 13.4. The fourth-order valence-corrected chi connectivity index (χ4v) is 3.82. The Kier molecular flexibility index (Phi) is 12.3. The van der Waals surface area contributed by atoms with Gasteiger partial charge in [0.15, 0.2) is 6.29 Å². The first-order valence-corrected chi connectivity index (χ1v) is 12.2. The molecular weight excluding hydrogens is 476 g/mol. The highest BCUT2D eigenvalue weighted by atomic mass is 16.7. The predicted molar refractivity (Wildman–Crippen MR) is 139 cm³/mol. The molecule has 11 heteroatoms. The van der Waals surface area contributed by atoms with Crippen LogP contribution >= 0.6 is 0 Å². The molecule has 3 N–H and O–H groups in total. The highest BCUT2D eigenvalue weighted by Crippen LogP contribution is 2.16. The van der Waals surface area contributed by atoms with Crippen molar-refractivity contribution in [1.82, 2.24) is 16.0 Å². The van der Waals surface area contributed by atoms with E-state index in [1.165, 1.54) is 6.92 Å². The van der Waals surface area contributed by atoms with Gasteiger partial charge in [0.1, 0.15) is 12.1 Å². The lowest BCUT2D eigenvalue weighted by atomic mass is 10.0. The van der Waals surface area contributed by atoms with Crippen LogP contribution in [0, 0.1) is 5.92 Å². The summed E-state index contributed by atoms with van der Waals surface area (Å²) in [6, 6.07) is 6.95. The first kappa shape index (κ1) is 29.6. The van der Waals surface area contributed by atoms with Crippen molar-refractivity contribution in [2.45, 2.75) is 64.1 Å². The molecule has 0 aliphatic carbocycles. The molecule has 0 unspecified atom stereocenters. The SMILES string of the molecule is C=CCO[C@H]1O[C@H](CN=[N+]=[N-])C=C[C@@H]1NC(=O)[C@H](Cc1ccccc1)NC(=O)[C@H](CC(C)C)NC(C)=O. The Morgan fingerprint density at radius 2 is 1.89 bits per heavy atom. The van der Waals surface area contributed by atoms with Crippen LogP contribution in [0.15, 0.2) is 60.3 Å². The van der Waals surface area contributed by atoms with E-state index in [2.05, 4.69) is 32.6 Å². The zero-order valence-corrected chi connectivity index (χ0v) is 21.5. The van der Waals surface area contributed by atoms with Gasteiger partial charge in [-0.2, -0.15) is 0 Å². The predicted octanol–water partition coefficient (Wildman–Crippen LogP) is 2.54. The number of carbonyl (C=O) groups is 3. The minimum atomic E-state index is -0.923. The van der Waals surface area contributed by atoms with Crippen molar-refractivity contribution in [2.24, 2.45) is 11.0 Å². The summed E-state index contributed by atoms with van der Waals surface area (Å²) in [6.45, 7) is 9.14. The molecular formula is C26H36N6O5. The van der Waals surface area contributed by atoms with Gasteiger partial charge in [0, 0.05) is 18.3 Å². The number of nitrogens with one attached hydrogen (secondary N) is 3. The van der Waals surface area contributed by atoms with Crippen molar-refractivity contribution in [2.75, 3.05) is 13.2 Å². The molecule has 0 saturated carbocycles. The van der Waals surface area contributed by atoms with Crippen molar-refractivity contribution in [3.8, 4) is 0 Å². The van der Waals surface area contributed by atoms with E-state index in [4.69, 9.17) is 15.0 Å². The van der Waals surface area contributed by atoms with Gasteiger partial charge in [0.2, 0.25) is 17.7 Å². The molecule has 5 atom stereocenters. The van der Waals surface area contributed by atoms with Crippen LogP contribution in [-0.4, -0.2) is 61.4 Å². The third-order valence-corrected chi connectivity index (χ3v) is 5.46. The van der Waals surface area contributed by atoms with Crippen LogP contribution in [-0.2, 0) is 30.3 Å². The summed E-state index contributed by atoms with van der Waals surface area (Å²) in [5, 5.41) is 11.9. The van der Waals surface area contributed by atoms with E-state index in [9.17, 15) is 14.4 Å². The Morgan fingerprint density at radius 3 is 2.51 bits per heavy atom. The van der Waals surface area contributed by atoms with Crippen LogP contribution in [0.4, 0.5) is 0 Å². The average Bonchev–Trinajstić information content (AvgIpc) is 2.86. The minimum absolute atomic E-state index is 0.0781. The Hall–Kier alpha value is -3.66. The largest absolute Gasteiger partial charge is 0.346 e. The summed E-state index contributed by atoms with van der Waals surface area (Å²) >= 11 is 0. The molecule has 0 bridgehead atoms. The zero-order chi connectivity index (χ0) is 27.2. The zero-order valence-electron chi connectivity index (χ0n) is 21.5. The Balaban J connectivity index is 2.23. The van der Waals surface area contributed by atoms with Crippen LogP contribution < -0.4 is 16.0 Å². The Bertz CT molecular complexity index is 992. The van der Waals surface area contributed by atoms with Gasteiger partial charge in [0.05, 0.1) is 25.3 Å². The molecule has 200 valence electrons. The molecule has 1 heterocycles. The average molecular weight is 513 g/mol. The van der Waals surface area contributed by atoms with Gasteiger partial charge in [0.25, 0.3) is 0 Å². The topological polar surface area (TPSA) is 155 Å². The van der Waals surface area contributed by atoms with E-state index in [0.717, 1.165) is 5.56 Å². The first-order chi connectivity index (χ1) is 17.7. The lowest BCUT2D eigenvalue weighted by molar-refractivity contribution is -0.169. The van der Waals surface area contributed by atoms with E-state index in [0.29, 0.717) is 6.42 Å². The van der Waals surface area contributed by atoms with Crippen LogP contribution in [0.25, 0.3) is 10.4 Å². The maximum Gasteiger partial charge on any atom is 0.243 e. The van der Waals surface area contributed by atoms with Crippen molar-refractivity contribution in [1.29, 1.82) is 0 Å². The smallest absolute Gasteiger partial charge is 0.243 e. The number of rotatable bonds is 14. The molecule has 0 saturated heterocycles. The molecule has 0 spiro atoms. The van der Waals surface area contributed by atoms with Crippen LogP contribution in [0.3, 0.4) is 0 Å². The summed E-state index contributed by atoms with van der Waals surface area (Å²) in [6.07, 6.45) is 4.26. The number of benzene rings is 1. The van der Waals surface area contributed by atoms with Crippen molar-refractivity contribution in [3.63, 3.8) is 0 Å². The van der Waals surface area contributed by atoms with Gasteiger partial charge in [-0.25, -0.2) is 0 Å². The van der Waals surface area contributed by atoms with Gasteiger partial charge in [-0.3, -0.25) is 14.4 Å². The number of azide groups is 1.